The minimum absolute atomic E-state index is 0.223. The molecule has 0 unspecified atom stereocenters. The molecule has 4 nitrogen and oxygen atoms in total. The molecule has 0 aromatic heterocycles. The van der Waals surface area contributed by atoms with Gasteiger partial charge in [-0.2, -0.15) is 0 Å². The summed E-state index contributed by atoms with van der Waals surface area (Å²) in [6.07, 6.45) is 18.3. The van der Waals surface area contributed by atoms with Crippen LogP contribution in [0.25, 0.3) is 5.57 Å². The summed E-state index contributed by atoms with van der Waals surface area (Å²) in [5, 5.41) is 7.42. The predicted octanol–water partition coefficient (Wildman–Crippen LogP) is 4.85. The molecule has 1 aliphatic rings. The smallest absolute Gasteiger partial charge is 0.326 e. The standard InChI is InChI=1S/C22H25N3O/c1-4-19(17-23)20-11-13-21(14-12-20)25(5-2)22(26)24(3)16-15-18-9-7-6-8-10-18/h2,4,7,9-14,17,23H,6,8,15-16H2,1,3H3/b19-4+,23-17?. The molecule has 0 bridgehead atoms. The highest BCUT2D eigenvalue weighted by Crippen LogP contribution is 2.20. The summed E-state index contributed by atoms with van der Waals surface area (Å²) in [5.41, 5.74) is 3.64. The Morgan fingerprint density at radius 1 is 1.31 bits per heavy atom. The van der Waals surface area contributed by atoms with Gasteiger partial charge in [0.25, 0.3) is 0 Å². The molecule has 1 N–H and O–H groups in total. The third kappa shape index (κ3) is 4.73. The highest BCUT2D eigenvalue weighted by molar-refractivity contribution is 6.08. The number of hydrogen-bond donors (Lipinski definition) is 1. The molecule has 0 saturated carbocycles. The number of hydrogen-bond acceptors (Lipinski definition) is 2. The van der Waals surface area contributed by atoms with Crippen LogP contribution >= 0.6 is 0 Å². The Morgan fingerprint density at radius 2 is 2.04 bits per heavy atom. The van der Waals surface area contributed by atoms with Gasteiger partial charge >= 0.3 is 6.03 Å². The van der Waals surface area contributed by atoms with E-state index in [4.69, 9.17) is 11.8 Å². The number of amides is 2. The molecule has 0 heterocycles. The van der Waals surface area contributed by atoms with E-state index >= 15 is 0 Å². The van der Waals surface area contributed by atoms with E-state index in [0.717, 1.165) is 30.4 Å². The molecule has 0 fully saturated rings. The number of benzene rings is 1. The van der Waals surface area contributed by atoms with Crippen molar-refractivity contribution in [1.82, 2.24) is 4.90 Å². The minimum atomic E-state index is -0.223. The van der Waals surface area contributed by atoms with Crippen LogP contribution in [0.5, 0.6) is 0 Å². The quantitative estimate of drug-likeness (QED) is 0.446. The molecule has 0 saturated heterocycles. The fourth-order valence-corrected chi connectivity index (χ4v) is 2.79. The molecule has 1 aliphatic carbocycles. The first kappa shape index (κ1) is 19.3. The lowest BCUT2D eigenvalue weighted by molar-refractivity contribution is 0.219. The van der Waals surface area contributed by atoms with Crippen molar-refractivity contribution in [2.45, 2.75) is 26.2 Å². The molecule has 0 radical (unpaired) electrons. The Bertz CT molecular complexity index is 779. The van der Waals surface area contributed by atoms with Crippen molar-refractivity contribution < 1.29 is 4.79 Å². The van der Waals surface area contributed by atoms with E-state index in [2.05, 4.69) is 24.3 Å². The molecular formula is C22H25N3O. The summed E-state index contributed by atoms with van der Waals surface area (Å²) in [7, 11) is 1.77. The van der Waals surface area contributed by atoms with Crippen LogP contribution in [-0.2, 0) is 0 Å². The molecule has 26 heavy (non-hydrogen) atoms. The predicted molar refractivity (Wildman–Crippen MR) is 109 cm³/mol. The van der Waals surface area contributed by atoms with E-state index in [9.17, 15) is 4.79 Å². The summed E-state index contributed by atoms with van der Waals surface area (Å²) in [6, 6.07) is 9.59. The summed E-state index contributed by atoms with van der Waals surface area (Å²) in [5.74, 6) is 0. The van der Waals surface area contributed by atoms with Crippen molar-refractivity contribution in [3.05, 3.63) is 59.7 Å². The zero-order valence-electron chi connectivity index (χ0n) is 15.4. The van der Waals surface area contributed by atoms with Crippen LogP contribution in [0.3, 0.4) is 0 Å². The summed E-state index contributed by atoms with van der Waals surface area (Å²) in [4.78, 5) is 15.7. The fraction of sp³-hybridized carbons (Fsp3) is 0.273. The highest BCUT2D eigenvalue weighted by atomic mass is 16.2. The molecule has 0 spiro atoms. The summed E-state index contributed by atoms with van der Waals surface area (Å²) >= 11 is 0. The van der Waals surface area contributed by atoms with Crippen molar-refractivity contribution in [3.63, 3.8) is 0 Å². The Hall–Kier alpha value is -3.06. The Labute approximate surface area is 156 Å². The van der Waals surface area contributed by atoms with Gasteiger partial charge in [-0.15, -0.1) is 0 Å². The maximum Gasteiger partial charge on any atom is 0.336 e. The molecule has 4 heteroatoms. The first-order valence-corrected chi connectivity index (χ1v) is 8.75. The number of anilines is 1. The fourth-order valence-electron chi connectivity index (χ4n) is 2.79. The van der Waals surface area contributed by atoms with Gasteiger partial charge in [-0.25, -0.2) is 9.69 Å². The number of carbonyl (C=O) groups is 1. The van der Waals surface area contributed by atoms with Crippen LogP contribution in [0.2, 0.25) is 0 Å². The highest BCUT2D eigenvalue weighted by Gasteiger charge is 2.18. The van der Waals surface area contributed by atoms with E-state index < -0.39 is 0 Å². The topological polar surface area (TPSA) is 47.4 Å². The molecule has 1 aromatic carbocycles. The van der Waals surface area contributed by atoms with Gasteiger partial charge in [0.2, 0.25) is 0 Å². The second-order valence-electron chi connectivity index (χ2n) is 6.11. The monoisotopic (exact) mass is 347 g/mol. The van der Waals surface area contributed by atoms with Gasteiger partial charge in [-0.3, -0.25) is 0 Å². The Kier molecular flexibility index (Phi) is 6.99. The minimum Gasteiger partial charge on any atom is -0.326 e. The van der Waals surface area contributed by atoms with Crippen LogP contribution in [-0.4, -0.2) is 30.7 Å². The average molecular weight is 347 g/mol. The van der Waals surface area contributed by atoms with E-state index in [1.807, 2.05) is 25.1 Å². The van der Waals surface area contributed by atoms with E-state index in [1.54, 1.807) is 24.1 Å². The van der Waals surface area contributed by atoms with Crippen molar-refractivity contribution in [2.75, 3.05) is 18.5 Å². The van der Waals surface area contributed by atoms with Gasteiger partial charge in [-0.05, 0) is 49.5 Å². The van der Waals surface area contributed by atoms with Gasteiger partial charge in [0, 0.05) is 25.9 Å². The van der Waals surface area contributed by atoms with Crippen molar-refractivity contribution >= 4 is 23.5 Å². The molecule has 134 valence electrons. The van der Waals surface area contributed by atoms with Crippen molar-refractivity contribution in [2.24, 2.45) is 0 Å². The largest absolute Gasteiger partial charge is 0.336 e. The number of rotatable bonds is 6. The molecule has 2 rings (SSSR count). The maximum atomic E-state index is 12.7. The normalized spacial score (nSPS) is 13.6. The second-order valence-corrected chi connectivity index (χ2v) is 6.11. The van der Waals surface area contributed by atoms with E-state index in [-0.39, 0.29) is 6.03 Å². The number of carbonyl (C=O) groups excluding carboxylic acids is 1. The van der Waals surface area contributed by atoms with Gasteiger partial charge in [0.1, 0.15) is 0 Å². The zero-order chi connectivity index (χ0) is 18.9. The molecule has 2 amide bonds. The van der Waals surface area contributed by atoms with Crippen molar-refractivity contribution in [1.29, 1.82) is 5.41 Å². The van der Waals surface area contributed by atoms with Gasteiger partial charge < -0.3 is 10.3 Å². The summed E-state index contributed by atoms with van der Waals surface area (Å²) in [6.45, 7) is 2.50. The van der Waals surface area contributed by atoms with Gasteiger partial charge in [0.05, 0.1) is 5.69 Å². The molecule has 1 aromatic rings. The third-order valence-electron chi connectivity index (χ3n) is 4.38. The Balaban J connectivity index is 2.05. The molecule has 0 aliphatic heterocycles. The number of nitrogens with one attached hydrogen (secondary N) is 1. The first-order chi connectivity index (χ1) is 12.6. The lowest BCUT2D eigenvalue weighted by Gasteiger charge is -2.24. The first-order valence-electron chi connectivity index (χ1n) is 8.75. The van der Waals surface area contributed by atoms with Crippen LogP contribution in [0, 0.1) is 17.9 Å². The lowest BCUT2D eigenvalue weighted by atomic mass is 10.0. The zero-order valence-corrected chi connectivity index (χ0v) is 15.4. The number of urea groups is 1. The van der Waals surface area contributed by atoms with E-state index in [0.29, 0.717) is 12.2 Å². The van der Waals surface area contributed by atoms with Crippen LogP contribution in [0.1, 0.15) is 31.7 Å². The maximum absolute atomic E-state index is 12.7. The van der Waals surface area contributed by atoms with Gasteiger partial charge in [-0.1, -0.05) is 48.4 Å². The van der Waals surface area contributed by atoms with Crippen LogP contribution in [0.15, 0.2) is 54.1 Å². The Morgan fingerprint density at radius 3 is 2.58 bits per heavy atom. The number of allylic oxidation sites excluding steroid dienone is 5. The molecular weight excluding hydrogens is 322 g/mol. The van der Waals surface area contributed by atoms with Crippen molar-refractivity contribution in [3.8, 4) is 12.5 Å². The summed E-state index contributed by atoms with van der Waals surface area (Å²) < 4.78 is 0. The second kappa shape index (κ2) is 9.43. The number of nitrogens with zero attached hydrogens (tertiary/aromatic N) is 2. The SMILES string of the molecule is C#CN(C(=O)N(C)CCC1=CCCC=C1)c1ccc(/C(C=N)=C/C)cc1. The van der Waals surface area contributed by atoms with E-state index in [1.165, 1.54) is 16.7 Å². The average Bonchev–Trinajstić information content (AvgIpc) is 2.69. The lowest BCUT2D eigenvalue weighted by Crippen LogP contribution is -2.39. The molecule has 0 atom stereocenters. The third-order valence-corrected chi connectivity index (χ3v) is 4.38. The van der Waals surface area contributed by atoms with Crippen LogP contribution < -0.4 is 4.90 Å². The van der Waals surface area contributed by atoms with Gasteiger partial charge in [0.15, 0.2) is 0 Å². The number of terminal acetylenes is 1. The van der Waals surface area contributed by atoms with Crippen LogP contribution in [0.4, 0.5) is 10.5 Å².